The number of hydrogen-bond donors (Lipinski definition) is 1. The highest BCUT2D eigenvalue weighted by Gasteiger charge is 2.11. The summed E-state index contributed by atoms with van der Waals surface area (Å²) in [5.41, 5.74) is 1.42. The van der Waals surface area contributed by atoms with Gasteiger partial charge in [0, 0.05) is 16.8 Å². The van der Waals surface area contributed by atoms with Crippen molar-refractivity contribution in [1.82, 2.24) is 10.3 Å². The van der Waals surface area contributed by atoms with Crippen molar-refractivity contribution in [1.29, 1.82) is 0 Å². The second kappa shape index (κ2) is 5.65. The summed E-state index contributed by atoms with van der Waals surface area (Å²) in [6, 6.07) is 12.3. The lowest BCUT2D eigenvalue weighted by molar-refractivity contribution is 0.0939. The monoisotopic (exact) mass is 260 g/mol. The molecule has 0 saturated heterocycles. The second-order valence-electron chi connectivity index (χ2n) is 3.96. The Hall–Kier alpha value is -1.87. The maximum absolute atomic E-state index is 12.0. The smallest absolute Gasteiger partial charge is 0.251 e. The Morgan fingerprint density at radius 1 is 1.22 bits per heavy atom. The maximum Gasteiger partial charge on any atom is 0.251 e. The molecule has 2 rings (SSSR count). The fraction of sp³-hybridized carbons (Fsp3) is 0.143. The van der Waals surface area contributed by atoms with Crippen LogP contribution in [0.5, 0.6) is 0 Å². The largest absolute Gasteiger partial charge is 0.344 e. The van der Waals surface area contributed by atoms with Gasteiger partial charge < -0.3 is 5.32 Å². The number of hydrogen-bond acceptors (Lipinski definition) is 2. The van der Waals surface area contributed by atoms with Crippen LogP contribution in [0.25, 0.3) is 0 Å². The molecule has 1 atom stereocenters. The van der Waals surface area contributed by atoms with Crippen molar-refractivity contribution >= 4 is 17.5 Å². The highest BCUT2D eigenvalue weighted by atomic mass is 35.5. The van der Waals surface area contributed by atoms with Crippen molar-refractivity contribution in [2.24, 2.45) is 0 Å². The van der Waals surface area contributed by atoms with Gasteiger partial charge in [0.15, 0.2) is 0 Å². The zero-order valence-corrected chi connectivity index (χ0v) is 10.7. The van der Waals surface area contributed by atoms with Crippen molar-refractivity contribution in [3.63, 3.8) is 0 Å². The Morgan fingerprint density at radius 2 is 1.94 bits per heavy atom. The van der Waals surface area contributed by atoms with E-state index in [1.807, 2.05) is 25.1 Å². The second-order valence-corrected chi connectivity index (χ2v) is 4.39. The summed E-state index contributed by atoms with van der Waals surface area (Å²) >= 11 is 5.78. The van der Waals surface area contributed by atoms with Gasteiger partial charge in [0.2, 0.25) is 0 Å². The average molecular weight is 261 g/mol. The van der Waals surface area contributed by atoms with E-state index in [1.165, 1.54) is 0 Å². The number of amides is 1. The molecule has 0 saturated carbocycles. The van der Waals surface area contributed by atoms with Gasteiger partial charge in [0.25, 0.3) is 5.91 Å². The first-order chi connectivity index (χ1) is 8.66. The zero-order valence-electron chi connectivity index (χ0n) is 9.93. The SMILES string of the molecule is C[C@@H](NC(=O)c1ccc(Cl)cc1)c1ccccn1. The molecule has 0 aliphatic carbocycles. The minimum atomic E-state index is -0.134. The normalized spacial score (nSPS) is 11.9. The van der Waals surface area contributed by atoms with Crippen LogP contribution >= 0.6 is 11.6 Å². The molecule has 1 N–H and O–H groups in total. The number of rotatable bonds is 3. The molecular formula is C14H13ClN2O. The predicted molar refractivity (Wildman–Crippen MR) is 71.6 cm³/mol. The molecule has 92 valence electrons. The van der Waals surface area contributed by atoms with Crippen LogP contribution in [0.1, 0.15) is 29.0 Å². The molecule has 0 unspecified atom stereocenters. The van der Waals surface area contributed by atoms with Crippen LogP contribution in [-0.4, -0.2) is 10.9 Å². The van der Waals surface area contributed by atoms with Gasteiger partial charge in [0.05, 0.1) is 11.7 Å². The summed E-state index contributed by atoms with van der Waals surface area (Å²) in [6.07, 6.45) is 1.71. The standard InChI is InChI=1S/C14H13ClN2O/c1-10(13-4-2-3-9-16-13)17-14(18)11-5-7-12(15)8-6-11/h2-10H,1H3,(H,17,18)/t10-/m1/s1. The van der Waals surface area contributed by atoms with E-state index in [-0.39, 0.29) is 11.9 Å². The molecule has 0 fully saturated rings. The van der Waals surface area contributed by atoms with Gasteiger partial charge in [-0.1, -0.05) is 17.7 Å². The lowest BCUT2D eigenvalue weighted by Gasteiger charge is -2.13. The molecule has 0 spiro atoms. The van der Waals surface area contributed by atoms with Gasteiger partial charge in [-0.05, 0) is 43.3 Å². The molecule has 4 heteroatoms. The number of carbonyl (C=O) groups excluding carboxylic acids is 1. The molecule has 1 aromatic heterocycles. The van der Waals surface area contributed by atoms with Crippen molar-refractivity contribution in [3.05, 3.63) is 64.9 Å². The lowest BCUT2D eigenvalue weighted by Crippen LogP contribution is -2.27. The molecule has 2 aromatic rings. The summed E-state index contributed by atoms with van der Waals surface area (Å²) < 4.78 is 0. The van der Waals surface area contributed by atoms with Crippen LogP contribution in [0.4, 0.5) is 0 Å². The first-order valence-corrected chi connectivity index (χ1v) is 6.02. The Morgan fingerprint density at radius 3 is 2.56 bits per heavy atom. The molecule has 0 aliphatic rings. The van der Waals surface area contributed by atoms with Gasteiger partial charge in [-0.15, -0.1) is 0 Å². The summed E-state index contributed by atoms with van der Waals surface area (Å²) in [4.78, 5) is 16.2. The Kier molecular flexibility index (Phi) is 3.95. The van der Waals surface area contributed by atoms with Crippen LogP contribution in [0.2, 0.25) is 5.02 Å². The predicted octanol–water partition coefficient (Wildman–Crippen LogP) is 3.23. The first kappa shape index (κ1) is 12.6. The van der Waals surface area contributed by atoms with Crippen LogP contribution in [-0.2, 0) is 0 Å². The van der Waals surface area contributed by atoms with E-state index >= 15 is 0 Å². The number of nitrogens with zero attached hydrogens (tertiary/aromatic N) is 1. The molecule has 18 heavy (non-hydrogen) atoms. The van der Waals surface area contributed by atoms with Gasteiger partial charge in [-0.3, -0.25) is 9.78 Å². The average Bonchev–Trinajstić information content (AvgIpc) is 2.40. The van der Waals surface area contributed by atoms with E-state index < -0.39 is 0 Å². The minimum Gasteiger partial charge on any atom is -0.344 e. The number of aromatic nitrogens is 1. The Balaban J connectivity index is 2.06. The van der Waals surface area contributed by atoms with Crippen LogP contribution in [0.15, 0.2) is 48.7 Å². The summed E-state index contributed by atoms with van der Waals surface area (Å²) in [7, 11) is 0. The lowest BCUT2D eigenvalue weighted by atomic mass is 10.1. The molecule has 1 heterocycles. The Labute approximate surface area is 111 Å². The quantitative estimate of drug-likeness (QED) is 0.921. The van der Waals surface area contributed by atoms with Crippen molar-refractivity contribution < 1.29 is 4.79 Å². The van der Waals surface area contributed by atoms with Crippen LogP contribution in [0.3, 0.4) is 0 Å². The topological polar surface area (TPSA) is 42.0 Å². The molecular weight excluding hydrogens is 248 g/mol. The Bertz CT molecular complexity index is 525. The highest BCUT2D eigenvalue weighted by Crippen LogP contribution is 2.12. The number of halogens is 1. The van der Waals surface area contributed by atoms with E-state index in [9.17, 15) is 4.79 Å². The maximum atomic E-state index is 12.0. The summed E-state index contributed by atoms with van der Waals surface area (Å²) in [5, 5.41) is 3.50. The third-order valence-corrected chi connectivity index (χ3v) is 2.84. The highest BCUT2D eigenvalue weighted by molar-refractivity contribution is 6.30. The van der Waals surface area contributed by atoms with Crippen molar-refractivity contribution in [3.8, 4) is 0 Å². The zero-order chi connectivity index (χ0) is 13.0. The van der Waals surface area contributed by atoms with Gasteiger partial charge in [-0.2, -0.15) is 0 Å². The number of pyridine rings is 1. The number of nitrogens with one attached hydrogen (secondary N) is 1. The van der Waals surface area contributed by atoms with Gasteiger partial charge in [-0.25, -0.2) is 0 Å². The fourth-order valence-electron chi connectivity index (χ4n) is 1.59. The molecule has 0 aliphatic heterocycles. The third kappa shape index (κ3) is 3.08. The number of benzene rings is 1. The van der Waals surface area contributed by atoms with E-state index in [0.717, 1.165) is 5.69 Å². The van der Waals surface area contributed by atoms with E-state index in [0.29, 0.717) is 10.6 Å². The van der Waals surface area contributed by atoms with Crippen LogP contribution < -0.4 is 5.32 Å². The first-order valence-electron chi connectivity index (χ1n) is 5.64. The van der Waals surface area contributed by atoms with Gasteiger partial charge in [0.1, 0.15) is 0 Å². The van der Waals surface area contributed by atoms with E-state index in [1.54, 1.807) is 30.5 Å². The fourth-order valence-corrected chi connectivity index (χ4v) is 1.71. The molecule has 0 bridgehead atoms. The molecule has 3 nitrogen and oxygen atoms in total. The molecule has 1 aromatic carbocycles. The van der Waals surface area contributed by atoms with E-state index in [4.69, 9.17) is 11.6 Å². The summed E-state index contributed by atoms with van der Waals surface area (Å²) in [5.74, 6) is -0.134. The van der Waals surface area contributed by atoms with Crippen LogP contribution in [0, 0.1) is 0 Å². The van der Waals surface area contributed by atoms with Gasteiger partial charge >= 0.3 is 0 Å². The molecule has 1 amide bonds. The number of carbonyl (C=O) groups is 1. The summed E-state index contributed by atoms with van der Waals surface area (Å²) in [6.45, 7) is 1.90. The van der Waals surface area contributed by atoms with Crippen molar-refractivity contribution in [2.45, 2.75) is 13.0 Å². The minimum absolute atomic E-state index is 0.130. The molecule has 0 radical (unpaired) electrons. The van der Waals surface area contributed by atoms with Crippen molar-refractivity contribution in [2.75, 3.05) is 0 Å². The van der Waals surface area contributed by atoms with E-state index in [2.05, 4.69) is 10.3 Å². The third-order valence-electron chi connectivity index (χ3n) is 2.59.